The Balaban J connectivity index is 1.58. The lowest BCUT2D eigenvalue weighted by Gasteiger charge is -2.36. The van der Waals surface area contributed by atoms with Crippen molar-refractivity contribution in [2.45, 2.75) is 44.7 Å². The van der Waals surface area contributed by atoms with Crippen molar-refractivity contribution in [2.24, 2.45) is 5.92 Å². The summed E-state index contributed by atoms with van der Waals surface area (Å²) in [5, 5.41) is 3.00. The first-order valence-electron chi connectivity index (χ1n) is 9.55. The van der Waals surface area contributed by atoms with Crippen molar-refractivity contribution < 1.29 is 14.3 Å². The van der Waals surface area contributed by atoms with E-state index in [9.17, 15) is 9.59 Å². The fraction of sp³-hybridized carbons (Fsp3) is 0.364. The van der Waals surface area contributed by atoms with Crippen molar-refractivity contribution in [2.75, 3.05) is 0 Å². The van der Waals surface area contributed by atoms with Crippen LogP contribution in [0.5, 0.6) is 11.5 Å². The van der Waals surface area contributed by atoms with E-state index in [-0.39, 0.29) is 24.4 Å². The van der Waals surface area contributed by atoms with Gasteiger partial charge in [-0.05, 0) is 37.0 Å². The Kier molecular flexibility index (Phi) is 4.60. The Morgan fingerprint density at radius 1 is 1.07 bits per heavy atom. The molecule has 1 aliphatic carbocycles. The molecule has 1 saturated carbocycles. The highest BCUT2D eigenvalue weighted by molar-refractivity contribution is 6.07. The molecule has 5 nitrogen and oxygen atoms in total. The molecule has 0 aromatic heterocycles. The van der Waals surface area contributed by atoms with E-state index < -0.39 is 5.54 Å². The number of carbonyl (C=O) groups is 2. The maximum absolute atomic E-state index is 13.2. The van der Waals surface area contributed by atoms with Gasteiger partial charge in [0.15, 0.2) is 0 Å². The quantitative estimate of drug-likeness (QED) is 0.814. The maximum Gasteiger partial charge on any atom is 0.325 e. The highest BCUT2D eigenvalue weighted by atomic mass is 16.5. The lowest BCUT2D eigenvalue weighted by molar-refractivity contribution is -0.134. The van der Waals surface area contributed by atoms with Gasteiger partial charge in [0.05, 0.1) is 6.54 Å². The van der Waals surface area contributed by atoms with Crippen LogP contribution in [0.4, 0.5) is 4.79 Å². The number of hydrogen-bond donors (Lipinski definition) is 1. The molecule has 2 aromatic rings. The summed E-state index contributed by atoms with van der Waals surface area (Å²) in [6.45, 7) is 2.27. The van der Waals surface area contributed by atoms with Gasteiger partial charge in [-0.25, -0.2) is 4.79 Å². The van der Waals surface area contributed by atoms with Gasteiger partial charge in [-0.3, -0.25) is 9.69 Å². The number of amides is 3. The average molecular weight is 364 g/mol. The highest BCUT2D eigenvalue weighted by Crippen LogP contribution is 2.39. The van der Waals surface area contributed by atoms with Crippen LogP contribution in [0.25, 0.3) is 0 Å². The standard InChI is InChI=1S/C22H24N2O3/c1-16-9-7-8-14-22(16)20(25)24(21(26)23-22)15-17-10-5-6-13-19(17)27-18-11-3-2-4-12-18/h2-6,10-13,16H,7-9,14-15H2,1H3,(H,23,26)/t16-,22+/m1/s1. The summed E-state index contributed by atoms with van der Waals surface area (Å²) in [7, 11) is 0. The van der Waals surface area contributed by atoms with E-state index in [1.54, 1.807) is 0 Å². The summed E-state index contributed by atoms with van der Waals surface area (Å²) in [5.74, 6) is 1.43. The lowest BCUT2D eigenvalue weighted by Crippen LogP contribution is -2.53. The first-order chi connectivity index (χ1) is 13.1. The number of nitrogens with zero attached hydrogens (tertiary/aromatic N) is 1. The number of carbonyl (C=O) groups excluding carboxylic acids is 2. The fourth-order valence-electron chi connectivity index (χ4n) is 4.16. The van der Waals surface area contributed by atoms with E-state index in [4.69, 9.17) is 4.74 Å². The van der Waals surface area contributed by atoms with Gasteiger partial charge in [-0.1, -0.05) is 56.2 Å². The van der Waals surface area contributed by atoms with Crippen molar-refractivity contribution in [3.63, 3.8) is 0 Å². The molecule has 2 aliphatic rings. The topological polar surface area (TPSA) is 58.6 Å². The molecule has 2 fully saturated rings. The lowest BCUT2D eigenvalue weighted by atomic mass is 9.73. The van der Waals surface area contributed by atoms with Crippen LogP contribution in [0.15, 0.2) is 54.6 Å². The largest absolute Gasteiger partial charge is 0.457 e. The molecule has 140 valence electrons. The van der Waals surface area contributed by atoms with Crippen molar-refractivity contribution in [1.82, 2.24) is 10.2 Å². The minimum atomic E-state index is -0.732. The number of ether oxygens (including phenoxy) is 1. The van der Waals surface area contributed by atoms with E-state index in [2.05, 4.69) is 12.2 Å². The minimum Gasteiger partial charge on any atom is -0.457 e. The monoisotopic (exact) mass is 364 g/mol. The van der Waals surface area contributed by atoms with Gasteiger partial charge < -0.3 is 10.1 Å². The second kappa shape index (κ2) is 7.06. The normalized spacial score (nSPS) is 24.9. The van der Waals surface area contributed by atoms with Gasteiger partial charge in [0.2, 0.25) is 0 Å². The maximum atomic E-state index is 13.2. The van der Waals surface area contributed by atoms with Gasteiger partial charge in [0, 0.05) is 5.56 Å². The third-order valence-corrected chi connectivity index (χ3v) is 5.77. The van der Waals surface area contributed by atoms with Crippen LogP contribution in [0, 0.1) is 5.92 Å². The van der Waals surface area contributed by atoms with Crippen LogP contribution in [-0.2, 0) is 11.3 Å². The first kappa shape index (κ1) is 17.6. The molecule has 2 atom stereocenters. The number of nitrogens with one attached hydrogen (secondary N) is 1. The van der Waals surface area contributed by atoms with Crippen LogP contribution >= 0.6 is 0 Å². The van der Waals surface area contributed by atoms with Gasteiger partial charge in [0.1, 0.15) is 17.0 Å². The SMILES string of the molecule is C[C@@H]1CCCC[C@]12NC(=O)N(Cc1ccccc1Oc1ccccc1)C2=O. The second-order valence-corrected chi connectivity index (χ2v) is 7.46. The van der Waals surface area contributed by atoms with Crippen LogP contribution in [0.3, 0.4) is 0 Å². The summed E-state index contributed by atoms with van der Waals surface area (Å²) in [6.07, 6.45) is 3.77. The summed E-state index contributed by atoms with van der Waals surface area (Å²) < 4.78 is 5.98. The molecule has 1 heterocycles. The molecule has 27 heavy (non-hydrogen) atoms. The van der Waals surface area contributed by atoms with Gasteiger partial charge >= 0.3 is 6.03 Å². The van der Waals surface area contributed by atoms with E-state index in [1.165, 1.54) is 4.90 Å². The number of hydrogen-bond acceptors (Lipinski definition) is 3. The smallest absolute Gasteiger partial charge is 0.325 e. The number of imide groups is 1. The third-order valence-electron chi connectivity index (χ3n) is 5.77. The van der Waals surface area contributed by atoms with E-state index in [1.807, 2.05) is 54.6 Å². The van der Waals surface area contributed by atoms with Gasteiger partial charge in [-0.15, -0.1) is 0 Å². The van der Waals surface area contributed by atoms with Crippen molar-refractivity contribution in [1.29, 1.82) is 0 Å². The number of rotatable bonds is 4. The molecule has 1 saturated heterocycles. The zero-order chi connectivity index (χ0) is 18.9. The van der Waals surface area contributed by atoms with Crippen LogP contribution < -0.4 is 10.1 Å². The highest BCUT2D eigenvalue weighted by Gasteiger charge is 2.54. The zero-order valence-corrected chi connectivity index (χ0v) is 15.5. The second-order valence-electron chi connectivity index (χ2n) is 7.46. The Labute approximate surface area is 159 Å². The molecule has 0 bridgehead atoms. The van der Waals surface area contributed by atoms with E-state index in [0.717, 1.165) is 37.0 Å². The van der Waals surface area contributed by atoms with Crippen LogP contribution in [0.2, 0.25) is 0 Å². The third kappa shape index (κ3) is 3.18. The minimum absolute atomic E-state index is 0.103. The molecule has 1 aliphatic heterocycles. The molecule has 4 rings (SSSR count). The molecule has 5 heteroatoms. The van der Waals surface area contributed by atoms with Gasteiger partial charge in [0.25, 0.3) is 5.91 Å². The molecule has 0 radical (unpaired) electrons. The Bertz CT molecular complexity index is 852. The molecule has 0 unspecified atom stereocenters. The number of urea groups is 1. The first-order valence-corrected chi connectivity index (χ1v) is 9.55. The van der Waals surface area contributed by atoms with Crippen LogP contribution in [-0.4, -0.2) is 22.4 Å². The van der Waals surface area contributed by atoms with Crippen LogP contribution in [0.1, 0.15) is 38.2 Å². The molecular formula is C22H24N2O3. The molecule has 3 amide bonds. The van der Waals surface area contributed by atoms with Crippen molar-refractivity contribution >= 4 is 11.9 Å². The van der Waals surface area contributed by atoms with E-state index in [0.29, 0.717) is 5.75 Å². The predicted octanol–water partition coefficient (Wildman–Crippen LogP) is 4.48. The predicted molar refractivity (Wildman–Crippen MR) is 102 cm³/mol. The average Bonchev–Trinajstić information content (AvgIpc) is 2.91. The van der Waals surface area contributed by atoms with Crippen molar-refractivity contribution in [3.8, 4) is 11.5 Å². The molecule has 1 N–H and O–H groups in total. The summed E-state index contributed by atoms with van der Waals surface area (Å²) in [6, 6.07) is 16.7. The Morgan fingerprint density at radius 2 is 1.81 bits per heavy atom. The Morgan fingerprint density at radius 3 is 2.59 bits per heavy atom. The summed E-state index contributed by atoms with van der Waals surface area (Å²) in [5.41, 5.74) is 0.0789. The number of para-hydroxylation sites is 2. The van der Waals surface area contributed by atoms with Gasteiger partial charge in [-0.2, -0.15) is 0 Å². The molecule has 2 aromatic carbocycles. The molecular weight excluding hydrogens is 340 g/mol. The van der Waals surface area contributed by atoms with E-state index >= 15 is 0 Å². The zero-order valence-electron chi connectivity index (χ0n) is 15.5. The van der Waals surface area contributed by atoms with Crippen molar-refractivity contribution in [3.05, 3.63) is 60.2 Å². The molecule has 1 spiro atoms. The fourth-order valence-corrected chi connectivity index (χ4v) is 4.16. The summed E-state index contributed by atoms with van der Waals surface area (Å²) >= 11 is 0. The summed E-state index contributed by atoms with van der Waals surface area (Å²) in [4.78, 5) is 27.2. The Hall–Kier alpha value is -2.82. The number of benzene rings is 2.